The number of benzene rings is 1. The Kier molecular flexibility index (Phi) is 5.35. The van der Waals surface area contributed by atoms with Gasteiger partial charge < -0.3 is 5.32 Å². The van der Waals surface area contributed by atoms with Crippen LogP contribution >= 0.6 is 11.3 Å². The van der Waals surface area contributed by atoms with E-state index in [1.807, 2.05) is 0 Å². The first-order chi connectivity index (χ1) is 10.5. The largest absolute Gasteiger partial charge is 0.352 e. The SMILES string of the molecule is C=CCNC(=O)Cc1ccc(NS(=O)(=O)c2cccs2)cc1. The van der Waals surface area contributed by atoms with Crippen LogP contribution in [0.25, 0.3) is 0 Å². The number of hydrogen-bond donors (Lipinski definition) is 2. The van der Waals surface area contributed by atoms with Gasteiger partial charge in [-0.3, -0.25) is 9.52 Å². The average molecular weight is 336 g/mol. The molecule has 0 radical (unpaired) electrons. The average Bonchev–Trinajstić information content (AvgIpc) is 3.02. The second-order valence-electron chi connectivity index (χ2n) is 4.50. The minimum atomic E-state index is -3.54. The molecular weight excluding hydrogens is 320 g/mol. The van der Waals surface area contributed by atoms with Gasteiger partial charge in [0.2, 0.25) is 5.91 Å². The maximum absolute atomic E-state index is 12.1. The maximum Gasteiger partial charge on any atom is 0.271 e. The fourth-order valence-electron chi connectivity index (χ4n) is 1.75. The molecule has 0 unspecified atom stereocenters. The van der Waals surface area contributed by atoms with Gasteiger partial charge in [0.05, 0.1) is 6.42 Å². The van der Waals surface area contributed by atoms with E-state index in [2.05, 4.69) is 16.6 Å². The molecule has 0 aliphatic rings. The first kappa shape index (κ1) is 16.3. The third kappa shape index (κ3) is 4.44. The lowest BCUT2D eigenvalue weighted by Gasteiger charge is -2.07. The summed E-state index contributed by atoms with van der Waals surface area (Å²) in [5.41, 5.74) is 1.27. The van der Waals surface area contributed by atoms with Crippen LogP contribution in [0.2, 0.25) is 0 Å². The lowest BCUT2D eigenvalue weighted by molar-refractivity contribution is -0.120. The van der Waals surface area contributed by atoms with E-state index in [-0.39, 0.29) is 16.5 Å². The van der Waals surface area contributed by atoms with Crippen LogP contribution in [0.15, 0.2) is 58.6 Å². The molecule has 1 amide bonds. The van der Waals surface area contributed by atoms with E-state index in [1.54, 1.807) is 47.9 Å². The summed E-state index contributed by atoms with van der Waals surface area (Å²) in [4.78, 5) is 11.6. The Labute approximate surface area is 133 Å². The molecule has 0 fully saturated rings. The number of hydrogen-bond acceptors (Lipinski definition) is 4. The van der Waals surface area contributed by atoms with Crippen LogP contribution in [0, 0.1) is 0 Å². The van der Waals surface area contributed by atoms with Crippen molar-refractivity contribution >= 4 is 33.0 Å². The molecule has 2 aromatic rings. The molecule has 0 saturated carbocycles. The van der Waals surface area contributed by atoms with Crippen molar-refractivity contribution in [1.29, 1.82) is 0 Å². The first-order valence-corrected chi connectivity index (χ1v) is 8.90. The smallest absolute Gasteiger partial charge is 0.271 e. The lowest BCUT2D eigenvalue weighted by Crippen LogP contribution is -2.24. The number of thiophene rings is 1. The van der Waals surface area contributed by atoms with Gasteiger partial charge in [0.25, 0.3) is 10.0 Å². The number of rotatable bonds is 7. The van der Waals surface area contributed by atoms with Gasteiger partial charge in [0.15, 0.2) is 0 Å². The first-order valence-electron chi connectivity index (χ1n) is 6.54. The fraction of sp³-hybridized carbons (Fsp3) is 0.133. The highest BCUT2D eigenvalue weighted by atomic mass is 32.2. The molecule has 1 aromatic heterocycles. The van der Waals surface area contributed by atoms with E-state index >= 15 is 0 Å². The van der Waals surface area contributed by atoms with Gasteiger partial charge in [-0.2, -0.15) is 0 Å². The van der Waals surface area contributed by atoms with Crippen LogP contribution in [0.1, 0.15) is 5.56 Å². The Morgan fingerprint density at radius 1 is 1.23 bits per heavy atom. The molecule has 0 atom stereocenters. The van der Waals surface area contributed by atoms with Crippen molar-refractivity contribution in [3.05, 3.63) is 60.0 Å². The lowest BCUT2D eigenvalue weighted by atomic mass is 10.1. The highest BCUT2D eigenvalue weighted by molar-refractivity contribution is 7.94. The summed E-state index contributed by atoms with van der Waals surface area (Å²) in [6.45, 7) is 3.96. The van der Waals surface area contributed by atoms with Crippen LogP contribution in [-0.2, 0) is 21.2 Å². The van der Waals surface area contributed by atoms with Crippen molar-refractivity contribution in [3.63, 3.8) is 0 Å². The number of sulfonamides is 1. The van der Waals surface area contributed by atoms with E-state index in [0.717, 1.165) is 16.9 Å². The minimum absolute atomic E-state index is 0.105. The van der Waals surface area contributed by atoms with Gasteiger partial charge in [-0.1, -0.05) is 24.3 Å². The zero-order chi connectivity index (χ0) is 16.0. The molecule has 0 bridgehead atoms. The molecular formula is C15H16N2O3S2. The van der Waals surface area contributed by atoms with Crippen molar-refractivity contribution in [2.24, 2.45) is 0 Å². The van der Waals surface area contributed by atoms with E-state index < -0.39 is 10.0 Å². The van der Waals surface area contributed by atoms with Crippen LogP contribution < -0.4 is 10.0 Å². The van der Waals surface area contributed by atoms with Crippen molar-refractivity contribution in [1.82, 2.24) is 5.32 Å². The Morgan fingerprint density at radius 3 is 2.55 bits per heavy atom. The number of anilines is 1. The normalized spacial score (nSPS) is 10.9. The van der Waals surface area contributed by atoms with Crippen molar-refractivity contribution in [2.75, 3.05) is 11.3 Å². The summed E-state index contributed by atoms with van der Waals surface area (Å²) >= 11 is 1.16. The molecule has 5 nitrogen and oxygen atoms in total. The second-order valence-corrected chi connectivity index (χ2v) is 7.36. The second kappa shape index (κ2) is 7.24. The molecule has 0 aliphatic carbocycles. The number of carbonyl (C=O) groups is 1. The Bertz CT molecular complexity index is 736. The van der Waals surface area contributed by atoms with Crippen LogP contribution in [-0.4, -0.2) is 20.9 Å². The Hall–Kier alpha value is -2.12. The molecule has 22 heavy (non-hydrogen) atoms. The zero-order valence-electron chi connectivity index (χ0n) is 11.8. The zero-order valence-corrected chi connectivity index (χ0v) is 13.4. The monoisotopic (exact) mass is 336 g/mol. The standard InChI is InChI=1S/C15H16N2O3S2/c1-2-9-16-14(18)11-12-5-7-13(8-6-12)17-22(19,20)15-4-3-10-21-15/h2-8,10,17H,1,9,11H2,(H,16,18). The molecule has 0 saturated heterocycles. The summed E-state index contributed by atoms with van der Waals surface area (Å²) in [5.74, 6) is -0.105. The third-order valence-electron chi connectivity index (χ3n) is 2.77. The molecule has 0 aliphatic heterocycles. The van der Waals surface area contributed by atoms with Crippen molar-refractivity contribution in [2.45, 2.75) is 10.6 Å². The van der Waals surface area contributed by atoms with Gasteiger partial charge in [-0.15, -0.1) is 17.9 Å². The van der Waals surface area contributed by atoms with E-state index in [9.17, 15) is 13.2 Å². The number of amides is 1. The van der Waals surface area contributed by atoms with Crippen LogP contribution in [0.3, 0.4) is 0 Å². The quantitative estimate of drug-likeness (QED) is 0.762. The molecule has 116 valence electrons. The minimum Gasteiger partial charge on any atom is -0.352 e. The molecule has 7 heteroatoms. The topological polar surface area (TPSA) is 75.3 Å². The summed E-state index contributed by atoms with van der Waals surface area (Å²) in [6, 6.07) is 9.96. The summed E-state index contributed by atoms with van der Waals surface area (Å²) < 4.78 is 26.9. The van der Waals surface area contributed by atoms with Crippen molar-refractivity contribution in [3.8, 4) is 0 Å². The fourth-order valence-corrected chi connectivity index (χ4v) is 3.80. The van der Waals surface area contributed by atoms with Crippen LogP contribution in [0.4, 0.5) is 5.69 Å². The Balaban J connectivity index is 2.00. The van der Waals surface area contributed by atoms with Crippen LogP contribution in [0.5, 0.6) is 0 Å². The highest BCUT2D eigenvalue weighted by Crippen LogP contribution is 2.20. The van der Waals surface area contributed by atoms with Gasteiger partial charge >= 0.3 is 0 Å². The van der Waals surface area contributed by atoms with Gasteiger partial charge in [-0.25, -0.2) is 8.42 Å². The van der Waals surface area contributed by atoms with Gasteiger partial charge in [0, 0.05) is 12.2 Å². The van der Waals surface area contributed by atoms with E-state index in [1.165, 1.54) is 0 Å². The maximum atomic E-state index is 12.1. The molecule has 2 N–H and O–H groups in total. The predicted molar refractivity (Wildman–Crippen MR) is 88.5 cm³/mol. The van der Waals surface area contributed by atoms with E-state index in [0.29, 0.717) is 12.2 Å². The van der Waals surface area contributed by atoms with Gasteiger partial charge in [0.1, 0.15) is 4.21 Å². The molecule has 2 rings (SSSR count). The summed E-state index contributed by atoms with van der Waals surface area (Å²) in [7, 11) is -3.54. The van der Waals surface area contributed by atoms with E-state index in [4.69, 9.17) is 0 Å². The third-order valence-corrected chi connectivity index (χ3v) is 5.55. The number of nitrogens with one attached hydrogen (secondary N) is 2. The predicted octanol–water partition coefficient (Wildman–Crippen LogP) is 2.39. The summed E-state index contributed by atoms with van der Waals surface area (Å²) in [5, 5.41) is 4.39. The number of carbonyl (C=O) groups excluding carboxylic acids is 1. The van der Waals surface area contributed by atoms with Gasteiger partial charge in [-0.05, 0) is 29.1 Å². The molecule has 1 aromatic carbocycles. The molecule has 0 spiro atoms. The summed E-state index contributed by atoms with van der Waals surface area (Å²) in [6.07, 6.45) is 1.85. The highest BCUT2D eigenvalue weighted by Gasteiger charge is 2.14. The van der Waals surface area contributed by atoms with Crippen molar-refractivity contribution < 1.29 is 13.2 Å². The molecule has 1 heterocycles. The Morgan fingerprint density at radius 2 is 1.95 bits per heavy atom.